The standard InChI is InChI=1S/C9H14ClF3O/c10-6-8(2-1-3-8)4-5-14-7-9(11,12)13/h1-7H2. The molecule has 5 heteroatoms. The average Bonchev–Trinajstić information content (AvgIpc) is 2.00. The Balaban J connectivity index is 2.09. The van der Waals surface area contributed by atoms with Crippen LogP contribution in [0.25, 0.3) is 0 Å². The molecular formula is C9H14ClF3O. The number of hydrogen-bond acceptors (Lipinski definition) is 1. The van der Waals surface area contributed by atoms with Gasteiger partial charge in [0.2, 0.25) is 0 Å². The van der Waals surface area contributed by atoms with Crippen LogP contribution < -0.4 is 0 Å². The summed E-state index contributed by atoms with van der Waals surface area (Å²) in [6.45, 7) is -0.988. The Kier molecular flexibility index (Phi) is 4.07. The molecule has 1 rings (SSSR count). The fourth-order valence-electron chi connectivity index (χ4n) is 1.60. The van der Waals surface area contributed by atoms with Crippen LogP contribution in [-0.2, 0) is 4.74 Å². The second-order valence-electron chi connectivity index (χ2n) is 3.90. The fourth-order valence-corrected chi connectivity index (χ4v) is 2.00. The molecule has 0 amide bonds. The molecule has 84 valence electrons. The quantitative estimate of drug-likeness (QED) is 0.520. The highest BCUT2D eigenvalue weighted by atomic mass is 35.5. The summed E-state index contributed by atoms with van der Waals surface area (Å²) < 4.78 is 39.7. The van der Waals surface area contributed by atoms with Crippen molar-refractivity contribution < 1.29 is 17.9 Å². The van der Waals surface area contributed by atoms with Gasteiger partial charge < -0.3 is 4.74 Å². The first-order valence-electron chi connectivity index (χ1n) is 4.68. The van der Waals surface area contributed by atoms with Gasteiger partial charge in [0.1, 0.15) is 6.61 Å². The van der Waals surface area contributed by atoms with Gasteiger partial charge in [0, 0.05) is 12.5 Å². The molecule has 0 aliphatic heterocycles. The molecular weight excluding hydrogens is 217 g/mol. The smallest absolute Gasteiger partial charge is 0.372 e. The van der Waals surface area contributed by atoms with Crippen molar-refractivity contribution in [3.05, 3.63) is 0 Å². The predicted molar refractivity (Wildman–Crippen MR) is 48.5 cm³/mol. The molecule has 0 aromatic carbocycles. The third-order valence-electron chi connectivity index (χ3n) is 2.74. The SMILES string of the molecule is FC(F)(F)COCCC1(CCl)CCC1. The van der Waals surface area contributed by atoms with E-state index in [2.05, 4.69) is 4.74 Å². The maximum Gasteiger partial charge on any atom is 0.411 e. The van der Waals surface area contributed by atoms with E-state index in [0.717, 1.165) is 19.3 Å². The maximum atomic E-state index is 11.7. The van der Waals surface area contributed by atoms with Crippen LogP contribution in [0.15, 0.2) is 0 Å². The van der Waals surface area contributed by atoms with Crippen LogP contribution in [0.1, 0.15) is 25.7 Å². The highest BCUT2D eigenvalue weighted by Crippen LogP contribution is 2.44. The molecule has 0 aromatic rings. The summed E-state index contributed by atoms with van der Waals surface area (Å²) in [4.78, 5) is 0. The summed E-state index contributed by atoms with van der Waals surface area (Å²) in [5.74, 6) is 0.530. The minimum Gasteiger partial charge on any atom is -0.372 e. The number of ether oxygens (including phenoxy) is 1. The van der Waals surface area contributed by atoms with E-state index in [4.69, 9.17) is 11.6 Å². The van der Waals surface area contributed by atoms with Crippen LogP contribution in [0.3, 0.4) is 0 Å². The number of rotatable bonds is 5. The molecule has 14 heavy (non-hydrogen) atoms. The van der Waals surface area contributed by atoms with Gasteiger partial charge in [-0.15, -0.1) is 11.6 Å². The summed E-state index contributed by atoms with van der Waals surface area (Å²) in [5.41, 5.74) is 0.0627. The Hall–Kier alpha value is 0.0400. The highest BCUT2D eigenvalue weighted by Gasteiger charge is 2.36. The third kappa shape index (κ3) is 3.65. The molecule has 0 aromatic heterocycles. The lowest BCUT2D eigenvalue weighted by atomic mass is 9.68. The van der Waals surface area contributed by atoms with Crippen molar-refractivity contribution in [2.45, 2.75) is 31.9 Å². The maximum absolute atomic E-state index is 11.7. The van der Waals surface area contributed by atoms with E-state index < -0.39 is 12.8 Å². The van der Waals surface area contributed by atoms with Gasteiger partial charge in [-0.25, -0.2) is 0 Å². The van der Waals surface area contributed by atoms with Crippen LogP contribution in [0.5, 0.6) is 0 Å². The van der Waals surface area contributed by atoms with E-state index >= 15 is 0 Å². The Bertz CT molecular complexity index is 172. The van der Waals surface area contributed by atoms with E-state index in [-0.39, 0.29) is 12.0 Å². The molecule has 1 fully saturated rings. The van der Waals surface area contributed by atoms with Gasteiger partial charge in [0.05, 0.1) is 0 Å². The summed E-state index contributed by atoms with van der Waals surface area (Å²) in [6, 6.07) is 0. The largest absolute Gasteiger partial charge is 0.411 e. The molecule has 0 saturated heterocycles. The van der Waals surface area contributed by atoms with Gasteiger partial charge >= 0.3 is 6.18 Å². The van der Waals surface area contributed by atoms with Crippen molar-refractivity contribution >= 4 is 11.6 Å². The Morgan fingerprint density at radius 1 is 1.29 bits per heavy atom. The molecule has 1 aliphatic rings. The molecule has 1 saturated carbocycles. The summed E-state index contributed by atoms with van der Waals surface area (Å²) in [5, 5.41) is 0. The molecule has 1 aliphatic carbocycles. The van der Waals surface area contributed by atoms with Crippen LogP contribution in [0, 0.1) is 5.41 Å². The van der Waals surface area contributed by atoms with Crippen molar-refractivity contribution in [2.75, 3.05) is 19.1 Å². The number of halogens is 4. The highest BCUT2D eigenvalue weighted by molar-refractivity contribution is 6.18. The lowest BCUT2D eigenvalue weighted by Gasteiger charge is -2.40. The first-order chi connectivity index (χ1) is 6.47. The fraction of sp³-hybridized carbons (Fsp3) is 1.00. The molecule has 0 spiro atoms. The zero-order valence-electron chi connectivity index (χ0n) is 7.87. The normalized spacial score (nSPS) is 20.6. The van der Waals surface area contributed by atoms with Crippen LogP contribution in [-0.4, -0.2) is 25.3 Å². The van der Waals surface area contributed by atoms with E-state index in [0.29, 0.717) is 12.3 Å². The molecule has 0 unspecified atom stereocenters. The second-order valence-corrected chi connectivity index (χ2v) is 4.17. The molecule has 0 radical (unpaired) electrons. The molecule has 0 heterocycles. The molecule has 0 N–H and O–H groups in total. The van der Waals surface area contributed by atoms with E-state index in [1.54, 1.807) is 0 Å². The second kappa shape index (κ2) is 4.71. The monoisotopic (exact) mass is 230 g/mol. The predicted octanol–water partition coefficient (Wildman–Crippen LogP) is 3.36. The topological polar surface area (TPSA) is 9.23 Å². The Morgan fingerprint density at radius 2 is 1.93 bits per heavy atom. The van der Waals surface area contributed by atoms with Crippen molar-refractivity contribution in [2.24, 2.45) is 5.41 Å². The van der Waals surface area contributed by atoms with Crippen molar-refractivity contribution in [1.82, 2.24) is 0 Å². The van der Waals surface area contributed by atoms with Crippen LogP contribution in [0.4, 0.5) is 13.2 Å². The lowest BCUT2D eigenvalue weighted by Crippen LogP contribution is -2.33. The van der Waals surface area contributed by atoms with Crippen molar-refractivity contribution in [3.8, 4) is 0 Å². The third-order valence-corrected chi connectivity index (χ3v) is 3.31. The van der Waals surface area contributed by atoms with E-state index in [9.17, 15) is 13.2 Å². The van der Waals surface area contributed by atoms with E-state index in [1.165, 1.54) is 0 Å². The Labute approximate surface area is 86.6 Å². The summed E-state index contributed by atoms with van der Waals surface area (Å²) in [7, 11) is 0. The molecule has 0 atom stereocenters. The van der Waals surface area contributed by atoms with Crippen LogP contribution >= 0.6 is 11.6 Å². The van der Waals surface area contributed by atoms with Crippen LogP contribution in [0.2, 0.25) is 0 Å². The minimum atomic E-state index is -4.21. The summed E-state index contributed by atoms with van der Waals surface area (Å²) >= 11 is 5.75. The number of alkyl halides is 4. The summed E-state index contributed by atoms with van der Waals surface area (Å²) in [6.07, 6.45) is -0.399. The van der Waals surface area contributed by atoms with Gasteiger partial charge in [0.25, 0.3) is 0 Å². The van der Waals surface area contributed by atoms with Gasteiger partial charge in [-0.1, -0.05) is 6.42 Å². The molecule has 0 bridgehead atoms. The minimum absolute atomic E-state index is 0.0627. The Morgan fingerprint density at radius 3 is 2.29 bits per heavy atom. The van der Waals surface area contributed by atoms with Gasteiger partial charge in [-0.05, 0) is 24.7 Å². The molecule has 1 nitrogen and oxygen atoms in total. The van der Waals surface area contributed by atoms with Crippen molar-refractivity contribution in [3.63, 3.8) is 0 Å². The lowest BCUT2D eigenvalue weighted by molar-refractivity contribution is -0.176. The van der Waals surface area contributed by atoms with E-state index in [1.807, 2.05) is 0 Å². The zero-order valence-corrected chi connectivity index (χ0v) is 8.63. The first-order valence-corrected chi connectivity index (χ1v) is 5.21. The van der Waals surface area contributed by atoms with Gasteiger partial charge in [-0.3, -0.25) is 0 Å². The van der Waals surface area contributed by atoms with Gasteiger partial charge in [-0.2, -0.15) is 13.2 Å². The average molecular weight is 231 g/mol. The number of hydrogen-bond donors (Lipinski definition) is 0. The van der Waals surface area contributed by atoms with Crippen molar-refractivity contribution in [1.29, 1.82) is 0 Å². The van der Waals surface area contributed by atoms with Gasteiger partial charge in [0.15, 0.2) is 0 Å². The first kappa shape index (κ1) is 12.1. The zero-order chi connectivity index (χ0) is 10.7.